The van der Waals surface area contributed by atoms with Crippen LogP contribution in [0.2, 0.25) is 5.02 Å². The highest BCUT2D eigenvalue weighted by Crippen LogP contribution is 2.24. The Morgan fingerprint density at radius 1 is 1.12 bits per heavy atom. The van der Waals surface area contributed by atoms with Gasteiger partial charge < -0.3 is 4.74 Å². The molecule has 0 heterocycles. The van der Waals surface area contributed by atoms with Crippen LogP contribution in [-0.4, -0.2) is 5.97 Å². The van der Waals surface area contributed by atoms with E-state index in [1.165, 1.54) is 18.2 Å². The fourth-order valence-corrected chi connectivity index (χ4v) is 1.48. The van der Waals surface area contributed by atoms with Gasteiger partial charge in [-0.05, 0) is 30.3 Å². The zero-order valence-electron chi connectivity index (χ0n) is 8.69. The van der Waals surface area contributed by atoms with Crippen LogP contribution in [0.4, 0.5) is 4.39 Å². The lowest BCUT2D eigenvalue weighted by Gasteiger charge is -2.05. The maximum Gasteiger partial charge on any atom is 0.343 e. The van der Waals surface area contributed by atoms with Crippen molar-refractivity contribution in [2.75, 3.05) is 0 Å². The first-order valence-electron chi connectivity index (χ1n) is 4.89. The first-order chi connectivity index (χ1) is 8.16. The van der Waals surface area contributed by atoms with Gasteiger partial charge in [-0.15, -0.1) is 0 Å². The lowest BCUT2D eigenvalue weighted by molar-refractivity contribution is 0.0734. The Balaban J connectivity index is 2.20. The minimum Gasteiger partial charge on any atom is -0.421 e. The molecule has 0 fully saturated rings. The highest BCUT2D eigenvalue weighted by atomic mass is 35.5. The van der Waals surface area contributed by atoms with Crippen LogP contribution in [0.5, 0.6) is 5.75 Å². The smallest absolute Gasteiger partial charge is 0.343 e. The van der Waals surface area contributed by atoms with Crippen molar-refractivity contribution in [2.24, 2.45) is 0 Å². The van der Waals surface area contributed by atoms with Crippen LogP contribution in [0.25, 0.3) is 0 Å². The lowest BCUT2D eigenvalue weighted by atomic mass is 10.2. The third kappa shape index (κ3) is 2.82. The summed E-state index contributed by atoms with van der Waals surface area (Å²) in [7, 11) is 0. The second-order valence-electron chi connectivity index (χ2n) is 3.33. The molecule has 0 atom stereocenters. The van der Waals surface area contributed by atoms with E-state index in [1.807, 2.05) is 0 Å². The zero-order chi connectivity index (χ0) is 12.3. The van der Waals surface area contributed by atoms with Crippen molar-refractivity contribution < 1.29 is 13.9 Å². The molecule has 0 N–H and O–H groups in total. The van der Waals surface area contributed by atoms with Crippen LogP contribution in [-0.2, 0) is 0 Å². The number of rotatable bonds is 2. The van der Waals surface area contributed by atoms with E-state index in [4.69, 9.17) is 16.3 Å². The first-order valence-corrected chi connectivity index (χ1v) is 5.27. The third-order valence-corrected chi connectivity index (χ3v) is 2.41. The van der Waals surface area contributed by atoms with Crippen LogP contribution in [0, 0.1) is 5.82 Å². The molecule has 0 amide bonds. The fourth-order valence-electron chi connectivity index (χ4n) is 1.30. The molecule has 0 radical (unpaired) electrons. The Bertz CT molecular complexity index is 555. The third-order valence-electron chi connectivity index (χ3n) is 2.10. The Kier molecular flexibility index (Phi) is 3.40. The second kappa shape index (κ2) is 4.97. The summed E-state index contributed by atoms with van der Waals surface area (Å²) in [5, 5.41) is 0.331. The predicted molar refractivity (Wildman–Crippen MR) is 62.8 cm³/mol. The SMILES string of the molecule is O=C(Oc1ccccc1Cl)c1cccc(F)c1. The Morgan fingerprint density at radius 3 is 2.59 bits per heavy atom. The summed E-state index contributed by atoms with van der Waals surface area (Å²) in [5.41, 5.74) is 0.143. The molecule has 17 heavy (non-hydrogen) atoms. The van der Waals surface area contributed by atoms with E-state index in [0.717, 1.165) is 6.07 Å². The van der Waals surface area contributed by atoms with E-state index in [1.54, 1.807) is 24.3 Å². The minimum absolute atomic E-state index is 0.143. The lowest BCUT2D eigenvalue weighted by Crippen LogP contribution is -2.08. The number of hydrogen-bond donors (Lipinski definition) is 0. The summed E-state index contributed by atoms with van der Waals surface area (Å²) in [4.78, 5) is 11.7. The highest BCUT2D eigenvalue weighted by Gasteiger charge is 2.10. The quantitative estimate of drug-likeness (QED) is 0.600. The van der Waals surface area contributed by atoms with Crippen molar-refractivity contribution in [1.29, 1.82) is 0 Å². The monoisotopic (exact) mass is 250 g/mol. The minimum atomic E-state index is -0.641. The summed E-state index contributed by atoms with van der Waals surface area (Å²) in [6.45, 7) is 0. The molecule has 0 aliphatic rings. The Morgan fingerprint density at radius 2 is 1.88 bits per heavy atom. The van der Waals surface area contributed by atoms with Crippen molar-refractivity contribution in [3.63, 3.8) is 0 Å². The van der Waals surface area contributed by atoms with Crippen molar-refractivity contribution in [3.8, 4) is 5.75 Å². The fraction of sp³-hybridized carbons (Fsp3) is 0. The van der Waals surface area contributed by atoms with Gasteiger partial charge in [0.1, 0.15) is 11.6 Å². The van der Waals surface area contributed by atoms with Crippen LogP contribution >= 0.6 is 11.6 Å². The summed E-state index contributed by atoms with van der Waals surface area (Å²) in [6.07, 6.45) is 0. The van der Waals surface area contributed by atoms with Crippen molar-refractivity contribution in [1.82, 2.24) is 0 Å². The Hall–Kier alpha value is -1.87. The predicted octanol–water partition coefficient (Wildman–Crippen LogP) is 3.70. The van der Waals surface area contributed by atoms with Gasteiger partial charge in [-0.1, -0.05) is 29.8 Å². The molecule has 0 aliphatic carbocycles. The number of carbonyl (C=O) groups excluding carboxylic acids is 1. The second-order valence-corrected chi connectivity index (χ2v) is 3.74. The van der Waals surface area contributed by atoms with Crippen LogP contribution in [0.1, 0.15) is 10.4 Å². The van der Waals surface area contributed by atoms with Crippen molar-refractivity contribution in [2.45, 2.75) is 0 Å². The topological polar surface area (TPSA) is 26.3 Å². The highest BCUT2D eigenvalue weighted by molar-refractivity contribution is 6.32. The number of esters is 1. The largest absolute Gasteiger partial charge is 0.421 e. The van der Waals surface area contributed by atoms with Gasteiger partial charge >= 0.3 is 5.97 Å². The molecule has 0 saturated carbocycles. The van der Waals surface area contributed by atoms with Gasteiger partial charge in [0.15, 0.2) is 0 Å². The standard InChI is InChI=1S/C13H8ClFO2/c14-11-6-1-2-7-12(11)17-13(16)9-4-3-5-10(15)8-9/h1-8H. The van der Waals surface area contributed by atoms with Gasteiger partial charge in [-0.25, -0.2) is 9.18 Å². The van der Waals surface area contributed by atoms with Gasteiger partial charge in [0, 0.05) is 0 Å². The van der Waals surface area contributed by atoms with E-state index in [2.05, 4.69) is 0 Å². The molecule has 0 saturated heterocycles. The number of ether oxygens (including phenoxy) is 1. The molecule has 4 heteroatoms. The van der Waals surface area contributed by atoms with Gasteiger partial charge in [0.25, 0.3) is 0 Å². The Labute approximate surface area is 103 Å². The number of para-hydroxylation sites is 1. The molecule has 2 aromatic rings. The van der Waals surface area contributed by atoms with Crippen molar-refractivity contribution >= 4 is 17.6 Å². The van der Waals surface area contributed by atoms with E-state index >= 15 is 0 Å². The molecule has 0 spiro atoms. The normalized spacial score (nSPS) is 10.0. The number of hydrogen-bond acceptors (Lipinski definition) is 2. The van der Waals surface area contributed by atoms with E-state index in [9.17, 15) is 9.18 Å². The maximum atomic E-state index is 12.9. The average Bonchev–Trinajstić information content (AvgIpc) is 2.32. The molecule has 2 nitrogen and oxygen atoms in total. The van der Waals surface area contributed by atoms with E-state index in [0.29, 0.717) is 5.02 Å². The molecule has 0 unspecified atom stereocenters. The molecule has 2 aromatic carbocycles. The summed E-state index contributed by atoms with van der Waals surface area (Å²) in [5.74, 6) is -0.875. The molecule has 86 valence electrons. The maximum absolute atomic E-state index is 12.9. The van der Waals surface area contributed by atoms with Crippen molar-refractivity contribution in [3.05, 3.63) is 64.9 Å². The van der Waals surface area contributed by atoms with E-state index < -0.39 is 11.8 Å². The van der Waals surface area contributed by atoms with E-state index in [-0.39, 0.29) is 11.3 Å². The number of benzene rings is 2. The summed E-state index contributed by atoms with van der Waals surface area (Å²) < 4.78 is 18.0. The summed E-state index contributed by atoms with van der Waals surface area (Å²) in [6, 6.07) is 11.9. The average molecular weight is 251 g/mol. The number of carbonyl (C=O) groups is 1. The summed E-state index contributed by atoms with van der Waals surface area (Å²) >= 11 is 5.84. The van der Waals surface area contributed by atoms with Crippen LogP contribution in [0.15, 0.2) is 48.5 Å². The zero-order valence-corrected chi connectivity index (χ0v) is 9.45. The molecule has 0 bridgehead atoms. The van der Waals surface area contributed by atoms with Gasteiger partial charge in [-0.2, -0.15) is 0 Å². The van der Waals surface area contributed by atoms with Gasteiger partial charge in [0.2, 0.25) is 0 Å². The van der Waals surface area contributed by atoms with Gasteiger partial charge in [-0.3, -0.25) is 0 Å². The molecular formula is C13H8ClFO2. The van der Waals surface area contributed by atoms with Gasteiger partial charge in [0.05, 0.1) is 10.6 Å². The molecule has 0 aliphatic heterocycles. The molecular weight excluding hydrogens is 243 g/mol. The molecule has 0 aromatic heterocycles. The van der Waals surface area contributed by atoms with Crippen LogP contribution < -0.4 is 4.74 Å². The molecule has 2 rings (SSSR count). The van der Waals surface area contributed by atoms with Crippen LogP contribution in [0.3, 0.4) is 0 Å². The first kappa shape index (κ1) is 11.6. The number of halogens is 2.